The number of hydrogen-bond acceptors (Lipinski definition) is 0. The summed E-state index contributed by atoms with van der Waals surface area (Å²) in [5, 5.41) is 0. The van der Waals surface area contributed by atoms with Gasteiger partial charge >= 0.3 is 0 Å². The predicted molar refractivity (Wildman–Crippen MR) is 99.9 cm³/mol. The van der Waals surface area contributed by atoms with Crippen LogP contribution in [-0.2, 0) is 0 Å². The van der Waals surface area contributed by atoms with Crippen molar-refractivity contribution in [1.82, 2.24) is 0 Å². The Labute approximate surface area is 147 Å². The molecule has 0 aromatic heterocycles. The zero-order chi connectivity index (χ0) is 15.1. The summed E-state index contributed by atoms with van der Waals surface area (Å²) in [6.45, 7) is 9.42. The van der Waals surface area contributed by atoms with Gasteiger partial charge in [-0.25, -0.2) is 0 Å². The maximum Gasteiger partial charge on any atom is 0.0594 e. The van der Waals surface area contributed by atoms with E-state index in [-0.39, 0.29) is 17.0 Å². The van der Waals surface area contributed by atoms with Gasteiger partial charge in [0.15, 0.2) is 0 Å². The van der Waals surface area contributed by atoms with E-state index in [1.54, 1.807) is 24.6 Å². The van der Waals surface area contributed by atoms with Crippen LogP contribution < -0.4 is 17.0 Å². The molecule has 130 valence electrons. The van der Waals surface area contributed by atoms with E-state index in [9.17, 15) is 0 Å². The molecule has 0 spiro atoms. The predicted octanol–water partition coefficient (Wildman–Crippen LogP) is 4.38. The monoisotopic (exact) mass is 380 g/mol. The highest BCUT2D eigenvalue weighted by molar-refractivity contribution is 7.75. The van der Waals surface area contributed by atoms with Crippen molar-refractivity contribution in [3.63, 3.8) is 0 Å². The first kappa shape index (κ1) is 24.2. The molecule has 0 amide bonds. The lowest BCUT2D eigenvalue weighted by Gasteiger charge is -2.28. The third-order valence-corrected chi connectivity index (χ3v) is 9.75. The molecule has 0 aromatic carbocycles. The Morgan fingerprint density at radius 1 is 0.429 bits per heavy atom. The van der Waals surface area contributed by atoms with Gasteiger partial charge in [-0.1, -0.05) is 72.6 Å². The first-order valence-electron chi connectivity index (χ1n) is 9.59. The summed E-state index contributed by atoms with van der Waals surface area (Å²) in [6.07, 6.45) is 22.5. The van der Waals surface area contributed by atoms with Crippen LogP contribution >= 0.6 is 7.26 Å². The molecule has 0 N–H and O–H groups in total. The fourth-order valence-electron chi connectivity index (χ4n) is 3.26. The number of hydrogen-bond donors (Lipinski definition) is 0. The Kier molecular flexibility index (Phi) is 19.9. The van der Waals surface area contributed by atoms with Crippen molar-refractivity contribution in [2.24, 2.45) is 0 Å². The number of halogens is 1. The zero-order valence-electron chi connectivity index (χ0n) is 15.4. The minimum Gasteiger partial charge on any atom is -1.00 e. The molecule has 2 heteroatoms. The average molecular weight is 381 g/mol. The molecule has 0 fully saturated rings. The average Bonchev–Trinajstić information content (AvgIpc) is 2.46. The summed E-state index contributed by atoms with van der Waals surface area (Å²) in [5.74, 6) is 0. The summed E-state index contributed by atoms with van der Waals surface area (Å²) in [7, 11) is -0.602. The lowest BCUT2D eigenvalue weighted by atomic mass is 10.3. The van der Waals surface area contributed by atoms with Gasteiger partial charge in [0.1, 0.15) is 0 Å². The Bertz CT molecular complexity index is 167. The second kappa shape index (κ2) is 17.3. The largest absolute Gasteiger partial charge is 1.00 e. The number of unbranched alkanes of at least 4 members (excludes halogenated alkanes) is 7. The SMILES string of the molecule is CCCCC[P+](CCCC)(CCCCC)CCCCC.[Br-]. The van der Waals surface area contributed by atoms with Gasteiger partial charge in [-0.3, -0.25) is 0 Å². The molecule has 0 rings (SSSR count). The molecule has 0 aliphatic carbocycles. The van der Waals surface area contributed by atoms with E-state index < -0.39 is 7.26 Å². The second-order valence-corrected chi connectivity index (χ2v) is 11.2. The van der Waals surface area contributed by atoms with E-state index >= 15 is 0 Å². The Morgan fingerprint density at radius 3 is 1.00 bits per heavy atom. The third kappa shape index (κ3) is 13.1. The molecule has 0 radical (unpaired) electrons. The first-order chi connectivity index (χ1) is 9.74. The van der Waals surface area contributed by atoms with Crippen LogP contribution in [0.5, 0.6) is 0 Å². The first-order valence-corrected chi connectivity index (χ1v) is 12.1. The van der Waals surface area contributed by atoms with Gasteiger partial charge in [0.2, 0.25) is 0 Å². The molecule has 0 aliphatic heterocycles. The summed E-state index contributed by atoms with van der Waals surface area (Å²) in [6, 6.07) is 0. The van der Waals surface area contributed by atoms with Crippen LogP contribution in [0, 0.1) is 0 Å². The molecule has 21 heavy (non-hydrogen) atoms. The molecule has 0 aliphatic rings. The lowest BCUT2D eigenvalue weighted by molar-refractivity contribution is -0.00000470. The Morgan fingerprint density at radius 2 is 0.714 bits per heavy atom. The van der Waals surface area contributed by atoms with Crippen molar-refractivity contribution >= 4 is 7.26 Å². The van der Waals surface area contributed by atoms with E-state index in [2.05, 4.69) is 27.7 Å². The quantitative estimate of drug-likeness (QED) is 0.292. The van der Waals surface area contributed by atoms with Crippen LogP contribution in [0.1, 0.15) is 98.3 Å². The Balaban J connectivity index is 0. The maximum absolute atomic E-state index is 2.37. The molecular formula is C19H42BrP. The van der Waals surface area contributed by atoms with Gasteiger partial charge in [-0.05, 0) is 25.7 Å². The molecule has 0 atom stereocenters. The highest BCUT2D eigenvalue weighted by Gasteiger charge is 2.34. The van der Waals surface area contributed by atoms with Gasteiger partial charge in [0.25, 0.3) is 0 Å². The molecule has 0 heterocycles. The Hall–Kier alpha value is 0.910. The highest BCUT2D eigenvalue weighted by Crippen LogP contribution is 2.61. The van der Waals surface area contributed by atoms with Crippen LogP contribution in [0.15, 0.2) is 0 Å². The minimum atomic E-state index is -0.602. The van der Waals surface area contributed by atoms with Crippen LogP contribution in [0.2, 0.25) is 0 Å². The second-order valence-electron chi connectivity index (χ2n) is 6.71. The van der Waals surface area contributed by atoms with Crippen molar-refractivity contribution in [3.8, 4) is 0 Å². The van der Waals surface area contributed by atoms with Gasteiger partial charge in [-0.2, -0.15) is 0 Å². The van der Waals surface area contributed by atoms with Crippen LogP contribution in [0.4, 0.5) is 0 Å². The molecule has 0 aromatic rings. The minimum absolute atomic E-state index is 0. The zero-order valence-corrected chi connectivity index (χ0v) is 17.9. The van der Waals surface area contributed by atoms with Crippen molar-refractivity contribution in [2.45, 2.75) is 98.3 Å². The maximum atomic E-state index is 2.37. The lowest BCUT2D eigenvalue weighted by Crippen LogP contribution is -3.00. The van der Waals surface area contributed by atoms with Crippen LogP contribution in [0.25, 0.3) is 0 Å². The third-order valence-electron chi connectivity index (χ3n) is 4.69. The van der Waals surface area contributed by atoms with Crippen LogP contribution in [0.3, 0.4) is 0 Å². The molecule has 0 bridgehead atoms. The topological polar surface area (TPSA) is 0 Å². The summed E-state index contributed by atoms with van der Waals surface area (Å²) in [5.41, 5.74) is 0. The van der Waals surface area contributed by atoms with Gasteiger partial charge < -0.3 is 17.0 Å². The standard InChI is InChI=1S/C19H42P.BrH/c1-5-9-13-17-20(16-12-8-4,18-14-10-6-2)19-15-11-7-3;/h5-19H2,1-4H3;1H/q+1;/p-1. The van der Waals surface area contributed by atoms with Crippen molar-refractivity contribution in [2.75, 3.05) is 24.6 Å². The molecule has 0 unspecified atom stereocenters. The van der Waals surface area contributed by atoms with E-state index in [1.807, 2.05) is 0 Å². The van der Waals surface area contributed by atoms with Crippen molar-refractivity contribution < 1.29 is 17.0 Å². The van der Waals surface area contributed by atoms with E-state index in [0.29, 0.717) is 0 Å². The van der Waals surface area contributed by atoms with E-state index in [0.717, 1.165) is 0 Å². The van der Waals surface area contributed by atoms with Gasteiger partial charge in [0, 0.05) is 7.26 Å². The van der Waals surface area contributed by atoms with Gasteiger partial charge in [0.05, 0.1) is 24.6 Å². The number of rotatable bonds is 15. The molecular weight excluding hydrogens is 339 g/mol. The van der Waals surface area contributed by atoms with Crippen molar-refractivity contribution in [1.29, 1.82) is 0 Å². The summed E-state index contributed by atoms with van der Waals surface area (Å²) in [4.78, 5) is 0. The molecule has 0 saturated carbocycles. The fourth-order valence-corrected chi connectivity index (χ4v) is 8.27. The fraction of sp³-hybridized carbons (Fsp3) is 1.00. The van der Waals surface area contributed by atoms with E-state index in [1.165, 1.54) is 70.6 Å². The van der Waals surface area contributed by atoms with Crippen LogP contribution in [-0.4, -0.2) is 24.6 Å². The summed E-state index contributed by atoms with van der Waals surface area (Å²) < 4.78 is 0. The highest BCUT2D eigenvalue weighted by atomic mass is 79.9. The summed E-state index contributed by atoms with van der Waals surface area (Å²) >= 11 is 0. The van der Waals surface area contributed by atoms with Gasteiger partial charge in [-0.15, -0.1) is 0 Å². The normalized spacial score (nSPS) is 11.4. The van der Waals surface area contributed by atoms with Crippen molar-refractivity contribution in [3.05, 3.63) is 0 Å². The van der Waals surface area contributed by atoms with E-state index in [4.69, 9.17) is 0 Å². The smallest absolute Gasteiger partial charge is 0.0594 e. The molecule has 0 saturated heterocycles. The molecule has 0 nitrogen and oxygen atoms in total.